The van der Waals surface area contributed by atoms with Crippen LogP contribution in [0.1, 0.15) is 67.2 Å². The summed E-state index contributed by atoms with van der Waals surface area (Å²) in [6, 6.07) is 29.1. The predicted octanol–water partition coefficient (Wildman–Crippen LogP) is 7.69. The number of carbonyl (C=O) groups is 6. The van der Waals surface area contributed by atoms with Gasteiger partial charge >= 0.3 is 6.09 Å². The molecule has 19 nitrogen and oxygen atoms in total. The molecule has 2 atom stereocenters. The number of benzene rings is 4. The molecule has 2 saturated heterocycles. The van der Waals surface area contributed by atoms with Crippen molar-refractivity contribution in [2.75, 3.05) is 59.0 Å². The monoisotopic (exact) mass is 1130 g/mol. The van der Waals surface area contributed by atoms with Gasteiger partial charge in [0.05, 0.1) is 73.7 Å². The van der Waals surface area contributed by atoms with Gasteiger partial charge in [0.15, 0.2) is 0 Å². The smallest absolute Gasteiger partial charge is 0.408 e. The highest BCUT2D eigenvalue weighted by molar-refractivity contribution is 6.08. The number of likely N-dealkylation sites (tertiary alicyclic amines) is 2. The minimum absolute atomic E-state index is 0.213. The number of alkyl carbamates (subject to hydrolysis) is 1. The van der Waals surface area contributed by atoms with Crippen molar-refractivity contribution in [1.29, 1.82) is 10.5 Å². The molecule has 8 rings (SSSR count). The van der Waals surface area contributed by atoms with Gasteiger partial charge in [-0.1, -0.05) is 48.5 Å². The minimum Gasteiger partial charge on any atom is -0.494 e. The van der Waals surface area contributed by atoms with Gasteiger partial charge in [-0.3, -0.25) is 33.9 Å². The molecule has 0 unspecified atom stereocenters. The van der Waals surface area contributed by atoms with E-state index in [1.54, 1.807) is 86.3 Å². The van der Waals surface area contributed by atoms with E-state index in [0.29, 0.717) is 46.1 Å². The Morgan fingerprint density at radius 2 is 1.06 bits per heavy atom. The van der Waals surface area contributed by atoms with Crippen LogP contribution >= 0.6 is 0 Å². The molecule has 4 heterocycles. The van der Waals surface area contributed by atoms with Crippen molar-refractivity contribution in [2.24, 2.45) is 0 Å². The van der Waals surface area contributed by atoms with E-state index in [9.17, 15) is 56.9 Å². The van der Waals surface area contributed by atoms with E-state index in [1.807, 2.05) is 36.4 Å². The first-order valence-corrected chi connectivity index (χ1v) is 26.3. The van der Waals surface area contributed by atoms with Gasteiger partial charge in [-0.25, -0.2) is 22.4 Å². The molecule has 23 heteroatoms. The summed E-state index contributed by atoms with van der Waals surface area (Å²) < 4.78 is 73.3. The van der Waals surface area contributed by atoms with Crippen LogP contribution in [0.25, 0.3) is 44.1 Å². The molecule has 0 spiro atoms. The third-order valence-corrected chi connectivity index (χ3v) is 13.4. The standard InChI is InChI=1S/C59H58F4N10O9/c1-57(2,3)82-56(79)70-32-51(74)71(20-6-22-80-43-10-4-8-37(24-43)39-12-14-45-47(16-18-66-49(45)26-39)54(77)68-33-52(75)72-35-58(60,61)28-41(72)30-64)21-7-23-81-44-11-5-9-38(25-44)40-13-15-46-48(17-19-67-50(46)27-40)55(78)69-34-53(76)73-36-59(62,63)29-42(73)31-65/h4-5,8-19,24-27,41-42H,6-7,20-23,28-29,32-36H2,1-3H3,(H,68,77)(H,69,78)(H,70,79)/t41-,42-/m0/s1. The van der Waals surface area contributed by atoms with Gasteiger partial charge in [-0.2, -0.15) is 10.5 Å². The molecule has 0 saturated carbocycles. The van der Waals surface area contributed by atoms with Crippen LogP contribution in [-0.2, 0) is 19.1 Å². The number of hydrogen-bond acceptors (Lipinski definition) is 13. The third kappa shape index (κ3) is 15.1. The van der Waals surface area contributed by atoms with Crippen LogP contribution in [0.3, 0.4) is 0 Å². The SMILES string of the molecule is CC(C)(C)OC(=O)NCC(=O)N(CCCOc1cccc(-c2ccc3c(C(=O)NCC(=O)N4CC(F)(F)C[C@H]4C#N)ccnc3c2)c1)CCCOc1cccc(-c2ccc3c(C(=O)NCC(=O)N4CC(F)(F)C[C@H]4C#N)ccnc3c2)c1. The number of alkyl halides is 4. The van der Waals surface area contributed by atoms with E-state index in [0.717, 1.165) is 32.1 Å². The summed E-state index contributed by atoms with van der Waals surface area (Å²) >= 11 is 0. The number of rotatable bonds is 20. The third-order valence-electron chi connectivity index (χ3n) is 13.4. The lowest BCUT2D eigenvalue weighted by molar-refractivity contribution is -0.132. The molecule has 3 N–H and O–H groups in total. The number of hydrogen-bond donors (Lipinski definition) is 3. The van der Waals surface area contributed by atoms with Crippen LogP contribution in [0.5, 0.6) is 11.5 Å². The Bertz CT molecular complexity index is 3290. The number of nitrogens with zero attached hydrogens (tertiary/aromatic N) is 7. The molecule has 82 heavy (non-hydrogen) atoms. The summed E-state index contributed by atoms with van der Waals surface area (Å²) in [5.41, 5.74) is 3.68. The zero-order chi connectivity index (χ0) is 58.8. The Balaban J connectivity index is 0.845. The van der Waals surface area contributed by atoms with Gasteiger partial charge in [0, 0.05) is 49.1 Å². The number of nitriles is 2. The van der Waals surface area contributed by atoms with Crippen molar-refractivity contribution in [1.82, 2.24) is 40.6 Å². The first-order chi connectivity index (χ1) is 39.1. The normalized spacial score (nSPS) is 16.2. The minimum atomic E-state index is -3.19. The Labute approximate surface area is 469 Å². The second kappa shape index (κ2) is 25.4. The molecule has 6 aromatic rings. The van der Waals surface area contributed by atoms with Crippen molar-refractivity contribution >= 4 is 57.4 Å². The van der Waals surface area contributed by atoms with Crippen LogP contribution in [0.4, 0.5) is 22.4 Å². The maximum atomic E-state index is 13.9. The van der Waals surface area contributed by atoms with E-state index >= 15 is 0 Å². The Morgan fingerprint density at radius 1 is 0.622 bits per heavy atom. The molecule has 0 bridgehead atoms. The highest BCUT2D eigenvalue weighted by atomic mass is 19.3. The first-order valence-electron chi connectivity index (χ1n) is 26.3. The summed E-state index contributed by atoms with van der Waals surface area (Å²) in [4.78, 5) is 90.0. The molecule has 6 amide bonds. The summed E-state index contributed by atoms with van der Waals surface area (Å²) in [6.45, 7) is 2.91. The molecule has 0 radical (unpaired) electrons. The highest BCUT2D eigenvalue weighted by Crippen LogP contribution is 2.34. The summed E-state index contributed by atoms with van der Waals surface area (Å²) in [5.74, 6) is -8.45. The largest absolute Gasteiger partial charge is 0.494 e. The second-order valence-electron chi connectivity index (χ2n) is 20.7. The summed E-state index contributed by atoms with van der Waals surface area (Å²) in [5, 5.41) is 27.0. The number of aromatic nitrogens is 2. The zero-order valence-corrected chi connectivity index (χ0v) is 45.1. The van der Waals surface area contributed by atoms with Gasteiger partial charge in [0.1, 0.15) is 35.7 Å². The van der Waals surface area contributed by atoms with Gasteiger partial charge in [0.25, 0.3) is 23.7 Å². The van der Waals surface area contributed by atoms with E-state index in [1.165, 1.54) is 24.5 Å². The fourth-order valence-corrected chi connectivity index (χ4v) is 9.50. The van der Waals surface area contributed by atoms with Gasteiger partial charge in [-0.05, 0) is 104 Å². The Morgan fingerprint density at radius 3 is 1.49 bits per heavy atom. The van der Waals surface area contributed by atoms with Crippen molar-refractivity contribution in [3.05, 3.63) is 121 Å². The number of pyridine rings is 2. The molecule has 2 aliphatic heterocycles. The fourth-order valence-electron chi connectivity index (χ4n) is 9.50. The first kappa shape index (κ1) is 58.8. The van der Waals surface area contributed by atoms with Crippen LogP contribution in [0, 0.1) is 22.7 Å². The molecule has 426 valence electrons. The van der Waals surface area contributed by atoms with Crippen molar-refractivity contribution in [3.8, 4) is 45.9 Å². The predicted molar refractivity (Wildman–Crippen MR) is 291 cm³/mol. The number of carbonyl (C=O) groups excluding carboxylic acids is 6. The lowest BCUT2D eigenvalue weighted by Crippen LogP contribution is -2.43. The van der Waals surface area contributed by atoms with E-state index in [4.69, 9.17) is 14.2 Å². The van der Waals surface area contributed by atoms with E-state index in [-0.39, 0.29) is 49.9 Å². The fraction of sp³-hybridized carbons (Fsp3) is 0.356. The van der Waals surface area contributed by atoms with Crippen LogP contribution in [0.15, 0.2) is 109 Å². The van der Waals surface area contributed by atoms with Crippen molar-refractivity contribution < 1.29 is 60.5 Å². The van der Waals surface area contributed by atoms with Gasteiger partial charge < -0.3 is 44.9 Å². The molecule has 0 aliphatic carbocycles. The summed E-state index contributed by atoms with van der Waals surface area (Å²) in [7, 11) is 0. The number of ether oxygens (including phenoxy) is 3. The van der Waals surface area contributed by atoms with Gasteiger partial charge in [-0.15, -0.1) is 0 Å². The van der Waals surface area contributed by atoms with Crippen LogP contribution in [-0.4, -0.2) is 149 Å². The number of nitrogens with one attached hydrogen (secondary N) is 3. The van der Waals surface area contributed by atoms with E-state index in [2.05, 4.69) is 25.9 Å². The second-order valence-corrected chi connectivity index (χ2v) is 20.7. The Hall–Kier alpha value is -9.38. The molecular weight excluding hydrogens is 1070 g/mol. The number of halogens is 4. The average Bonchev–Trinajstić information content (AvgIpc) is 4.10. The lowest BCUT2D eigenvalue weighted by atomic mass is 10.0. The molecule has 4 aromatic carbocycles. The molecule has 2 fully saturated rings. The molecule has 2 aromatic heterocycles. The molecule has 2 aliphatic rings. The van der Waals surface area contributed by atoms with Crippen LogP contribution < -0.4 is 25.4 Å². The lowest BCUT2D eigenvalue weighted by Gasteiger charge is -2.24. The van der Waals surface area contributed by atoms with E-state index < -0.39 is 98.3 Å². The average molecular weight is 1130 g/mol. The quantitative estimate of drug-likeness (QED) is 0.0491. The maximum absolute atomic E-state index is 13.9. The van der Waals surface area contributed by atoms with Crippen molar-refractivity contribution in [2.45, 2.75) is 76.0 Å². The number of fused-ring (bicyclic) bond motifs is 2. The zero-order valence-electron chi connectivity index (χ0n) is 45.1. The molecular formula is C59H58F4N10O9. The Kier molecular flexibility index (Phi) is 18.2. The van der Waals surface area contributed by atoms with Crippen molar-refractivity contribution in [3.63, 3.8) is 0 Å². The maximum Gasteiger partial charge on any atom is 0.408 e. The topological polar surface area (TPSA) is 249 Å². The summed E-state index contributed by atoms with van der Waals surface area (Å²) in [6.07, 6.45) is 1.47. The highest BCUT2D eigenvalue weighted by Gasteiger charge is 2.48. The van der Waals surface area contributed by atoms with Crippen LogP contribution in [0.2, 0.25) is 0 Å². The van der Waals surface area contributed by atoms with Gasteiger partial charge in [0.2, 0.25) is 17.7 Å². The number of amides is 6.